The molecule has 2 aliphatic carbocycles. The van der Waals surface area contributed by atoms with Crippen molar-refractivity contribution in [3.8, 4) is 17.7 Å². The second-order valence-electron chi connectivity index (χ2n) is 5.72. The summed E-state index contributed by atoms with van der Waals surface area (Å²) in [5, 5.41) is 9.44. The van der Waals surface area contributed by atoms with Crippen molar-refractivity contribution in [1.29, 1.82) is 5.26 Å². The highest BCUT2D eigenvalue weighted by atomic mass is 35.5. The first kappa shape index (κ1) is 13.5. The summed E-state index contributed by atoms with van der Waals surface area (Å²) in [6.45, 7) is 1.05. The Morgan fingerprint density at radius 3 is 2.80 bits per heavy atom. The van der Waals surface area contributed by atoms with E-state index in [0.29, 0.717) is 35.8 Å². The van der Waals surface area contributed by atoms with Crippen LogP contribution in [0.3, 0.4) is 0 Å². The SMILES string of the molecule is N#CC1(COc2ccnc(OCC3CCC3)c2Cl)CC1. The van der Waals surface area contributed by atoms with E-state index in [1.54, 1.807) is 12.3 Å². The van der Waals surface area contributed by atoms with Gasteiger partial charge in [-0.3, -0.25) is 0 Å². The summed E-state index contributed by atoms with van der Waals surface area (Å²) >= 11 is 6.25. The largest absolute Gasteiger partial charge is 0.490 e. The fourth-order valence-electron chi connectivity index (χ4n) is 2.13. The number of hydrogen-bond donors (Lipinski definition) is 0. The maximum Gasteiger partial charge on any atom is 0.236 e. The van der Waals surface area contributed by atoms with Crippen LogP contribution in [0.2, 0.25) is 5.02 Å². The van der Waals surface area contributed by atoms with Crippen LogP contribution in [0.5, 0.6) is 11.6 Å². The van der Waals surface area contributed by atoms with Crippen molar-refractivity contribution in [2.45, 2.75) is 32.1 Å². The molecule has 2 aliphatic rings. The van der Waals surface area contributed by atoms with Gasteiger partial charge in [-0.15, -0.1) is 0 Å². The number of aromatic nitrogens is 1. The molecule has 1 heterocycles. The predicted molar refractivity (Wildman–Crippen MR) is 74.9 cm³/mol. The molecule has 0 bridgehead atoms. The summed E-state index contributed by atoms with van der Waals surface area (Å²) in [5.74, 6) is 1.61. The molecule has 1 aromatic rings. The third kappa shape index (κ3) is 2.83. The third-order valence-corrected chi connectivity index (χ3v) is 4.44. The molecule has 0 saturated heterocycles. The zero-order chi connectivity index (χ0) is 14.0. The molecule has 5 heteroatoms. The summed E-state index contributed by atoms with van der Waals surface area (Å²) in [5.41, 5.74) is -0.306. The molecule has 0 unspecified atom stereocenters. The maximum absolute atomic E-state index is 9.04. The third-order valence-electron chi connectivity index (χ3n) is 4.10. The summed E-state index contributed by atoms with van der Waals surface area (Å²) in [7, 11) is 0. The fraction of sp³-hybridized carbons (Fsp3) is 0.600. The minimum Gasteiger partial charge on any atom is -0.490 e. The highest BCUT2D eigenvalue weighted by Crippen LogP contribution is 2.45. The number of ether oxygens (including phenoxy) is 2. The number of halogens is 1. The van der Waals surface area contributed by atoms with Gasteiger partial charge < -0.3 is 9.47 Å². The van der Waals surface area contributed by atoms with Gasteiger partial charge in [0.1, 0.15) is 17.4 Å². The molecular weight excluding hydrogens is 276 g/mol. The smallest absolute Gasteiger partial charge is 0.236 e. The molecule has 0 aliphatic heterocycles. The Hall–Kier alpha value is -1.47. The molecule has 2 fully saturated rings. The first-order chi connectivity index (χ1) is 9.72. The molecule has 0 radical (unpaired) electrons. The van der Waals surface area contributed by atoms with Crippen molar-refractivity contribution in [3.63, 3.8) is 0 Å². The summed E-state index contributed by atoms with van der Waals surface area (Å²) in [6.07, 6.45) is 7.16. The van der Waals surface area contributed by atoms with Crippen LogP contribution in [0.4, 0.5) is 0 Å². The van der Waals surface area contributed by atoms with Gasteiger partial charge in [0.25, 0.3) is 0 Å². The lowest BCUT2D eigenvalue weighted by Crippen LogP contribution is -2.19. The van der Waals surface area contributed by atoms with Gasteiger partial charge >= 0.3 is 0 Å². The Kier molecular flexibility index (Phi) is 3.71. The highest BCUT2D eigenvalue weighted by molar-refractivity contribution is 6.33. The number of nitrogens with zero attached hydrogens (tertiary/aromatic N) is 2. The topological polar surface area (TPSA) is 55.1 Å². The molecule has 2 saturated carbocycles. The van der Waals surface area contributed by atoms with Gasteiger partial charge in [0.2, 0.25) is 5.88 Å². The molecule has 4 nitrogen and oxygen atoms in total. The van der Waals surface area contributed by atoms with Crippen LogP contribution in [-0.4, -0.2) is 18.2 Å². The van der Waals surface area contributed by atoms with Gasteiger partial charge in [-0.2, -0.15) is 5.26 Å². The van der Waals surface area contributed by atoms with Crippen LogP contribution in [-0.2, 0) is 0 Å². The van der Waals surface area contributed by atoms with Crippen LogP contribution in [0.15, 0.2) is 12.3 Å². The van der Waals surface area contributed by atoms with Gasteiger partial charge in [-0.05, 0) is 31.6 Å². The molecule has 0 amide bonds. The van der Waals surface area contributed by atoms with E-state index < -0.39 is 0 Å². The standard InChI is InChI=1S/C15H17ClN2O2/c16-13-12(20-10-15(9-17)5-6-15)4-7-18-14(13)19-8-11-2-1-3-11/h4,7,11H,1-3,5-6,8,10H2. The molecule has 0 atom stereocenters. The zero-order valence-electron chi connectivity index (χ0n) is 11.3. The van der Waals surface area contributed by atoms with Gasteiger partial charge in [0.05, 0.1) is 18.1 Å². The first-order valence-electron chi connectivity index (χ1n) is 7.04. The average Bonchev–Trinajstić information content (AvgIpc) is 3.18. The molecule has 1 aromatic heterocycles. The van der Waals surface area contributed by atoms with Crippen molar-refractivity contribution >= 4 is 11.6 Å². The van der Waals surface area contributed by atoms with Crippen molar-refractivity contribution in [2.75, 3.05) is 13.2 Å². The zero-order valence-corrected chi connectivity index (χ0v) is 12.0. The Morgan fingerprint density at radius 1 is 1.40 bits per heavy atom. The van der Waals surface area contributed by atoms with Gasteiger partial charge in [-0.25, -0.2) is 4.98 Å². The highest BCUT2D eigenvalue weighted by Gasteiger charge is 2.44. The minimum absolute atomic E-state index is 0.306. The van der Waals surface area contributed by atoms with E-state index >= 15 is 0 Å². The normalized spacial score (nSPS) is 19.8. The number of hydrogen-bond acceptors (Lipinski definition) is 4. The van der Waals surface area contributed by atoms with Crippen molar-refractivity contribution in [2.24, 2.45) is 11.3 Å². The Bertz CT molecular complexity index is 533. The van der Waals surface area contributed by atoms with E-state index in [1.807, 2.05) is 0 Å². The lowest BCUT2D eigenvalue weighted by Gasteiger charge is -2.25. The molecule has 106 valence electrons. The number of pyridine rings is 1. The molecule has 20 heavy (non-hydrogen) atoms. The van der Waals surface area contributed by atoms with Crippen LogP contribution in [0.25, 0.3) is 0 Å². The minimum atomic E-state index is -0.306. The quantitative estimate of drug-likeness (QED) is 0.804. The van der Waals surface area contributed by atoms with Crippen molar-refractivity contribution in [3.05, 3.63) is 17.3 Å². The van der Waals surface area contributed by atoms with Crippen LogP contribution in [0.1, 0.15) is 32.1 Å². The van der Waals surface area contributed by atoms with Gasteiger partial charge in [0, 0.05) is 12.3 Å². The molecule has 0 aromatic carbocycles. The lowest BCUT2D eigenvalue weighted by atomic mass is 9.86. The lowest BCUT2D eigenvalue weighted by molar-refractivity contribution is 0.174. The van der Waals surface area contributed by atoms with Crippen LogP contribution >= 0.6 is 11.6 Å². The summed E-state index contributed by atoms with van der Waals surface area (Å²) in [6, 6.07) is 4.01. The van der Waals surface area contributed by atoms with Crippen LogP contribution in [0, 0.1) is 22.7 Å². The maximum atomic E-state index is 9.04. The molecule has 0 spiro atoms. The van der Waals surface area contributed by atoms with Gasteiger partial charge in [-0.1, -0.05) is 18.0 Å². The predicted octanol–water partition coefficient (Wildman–Crippen LogP) is 3.60. The second-order valence-corrected chi connectivity index (χ2v) is 6.09. The second kappa shape index (κ2) is 5.49. The van der Waals surface area contributed by atoms with Crippen LogP contribution < -0.4 is 9.47 Å². The van der Waals surface area contributed by atoms with E-state index in [9.17, 15) is 0 Å². The van der Waals surface area contributed by atoms with E-state index in [4.69, 9.17) is 26.3 Å². The van der Waals surface area contributed by atoms with E-state index in [1.165, 1.54) is 19.3 Å². The molecular formula is C15H17ClN2O2. The average molecular weight is 293 g/mol. The Morgan fingerprint density at radius 2 is 2.20 bits per heavy atom. The van der Waals surface area contributed by atoms with Gasteiger partial charge in [0.15, 0.2) is 0 Å². The monoisotopic (exact) mass is 292 g/mol. The molecule has 0 N–H and O–H groups in total. The Balaban J connectivity index is 1.61. The van der Waals surface area contributed by atoms with E-state index in [-0.39, 0.29) is 5.41 Å². The van der Waals surface area contributed by atoms with Crippen molar-refractivity contribution in [1.82, 2.24) is 4.98 Å². The van der Waals surface area contributed by atoms with E-state index in [0.717, 1.165) is 12.8 Å². The summed E-state index contributed by atoms with van der Waals surface area (Å²) in [4.78, 5) is 4.15. The number of rotatable bonds is 6. The summed E-state index contributed by atoms with van der Waals surface area (Å²) < 4.78 is 11.3. The van der Waals surface area contributed by atoms with E-state index in [2.05, 4.69) is 11.1 Å². The molecule has 3 rings (SSSR count). The van der Waals surface area contributed by atoms with Crippen molar-refractivity contribution < 1.29 is 9.47 Å². The fourth-order valence-corrected chi connectivity index (χ4v) is 2.35. The Labute approximate surface area is 123 Å². The first-order valence-corrected chi connectivity index (χ1v) is 7.42. The number of nitriles is 1.